The van der Waals surface area contributed by atoms with Crippen LogP contribution in [0.2, 0.25) is 0 Å². The molecule has 9 rings (SSSR count). The second-order valence-corrected chi connectivity index (χ2v) is 15.7. The number of carbonyl (C=O) groups excluding carboxylic acids is 5. The first-order valence-corrected chi connectivity index (χ1v) is 19.1. The van der Waals surface area contributed by atoms with E-state index in [0.717, 1.165) is 27.9 Å². The molecular weight excluding hydrogens is 726 g/mol. The van der Waals surface area contributed by atoms with Gasteiger partial charge in [0.2, 0.25) is 11.8 Å². The maximum Gasteiger partial charge on any atom is 0.262 e. The van der Waals surface area contributed by atoms with Crippen LogP contribution >= 0.6 is 0 Å². The number of nitrogens with zero attached hydrogens (tertiary/aromatic N) is 5. The van der Waals surface area contributed by atoms with E-state index in [4.69, 9.17) is 11.0 Å². The van der Waals surface area contributed by atoms with Gasteiger partial charge in [0.25, 0.3) is 11.8 Å². The molecule has 1 aliphatic carbocycles. The first kappa shape index (κ1) is 28.5. The Kier molecular flexibility index (Phi) is 6.83. The van der Waals surface area contributed by atoms with Crippen LogP contribution in [0.3, 0.4) is 0 Å². The number of nitriles is 1. The van der Waals surface area contributed by atoms with Gasteiger partial charge in [-0.3, -0.25) is 39.1 Å². The number of ketones is 1. The number of piperazine rings is 1. The van der Waals surface area contributed by atoms with Crippen molar-refractivity contribution < 1.29 is 39.3 Å². The van der Waals surface area contributed by atoms with Crippen LogP contribution in [0.4, 0.5) is 15.8 Å². The van der Waals surface area contributed by atoms with Crippen molar-refractivity contribution in [2.24, 2.45) is 5.92 Å². The van der Waals surface area contributed by atoms with Crippen molar-refractivity contribution in [3.8, 4) is 6.07 Å². The number of aromatic nitrogens is 1. The van der Waals surface area contributed by atoms with Gasteiger partial charge in [0.1, 0.15) is 11.9 Å². The van der Waals surface area contributed by atoms with Crippen LogP contribution in [0.1, 0.15) is 116 Å². The van der Waals surface area contributed by atoms with Gasteiger partial charge in [0.05, 0.1) is 39.5 Å². The largest absolute Gasteiger partial charge is 0.371 e. The monoisotopic (exact) mass is 777 g/mol. The molecular formula is C44H44FN7O5. The third-order valence-electron chi connectivity index (χ3n) is 12.0. The summed E-state index contributed by atoms with van der Waals surface area (Å²) in [6.07, 6.45) is 0.979. The second kappa shape index (κ2) is 13.7. The van der Waals surface area contributed by atoms with Crippen LogP contribution in [-0.2, 0) is 21.4 Å². The quantitative estimate of drug-likeness (QED) is 0.257. The molecule has 1 unspecified atom stereocenters. The zero-order chi connectivity index (χ0) is 47.1. The molecule has 1 atom stereocenters. The Morgan fingerprint density at radius 3 is 2.30 bits per heavy atom. The van der Waals surface area contributed by atoms with Crippen LogP contribution in [-0.4, -0.2) is 95.9 Å². The van der Waals surface area contributed by atoms with Crippen molar-refractivity contribution in [2.45, 2.75) is 64.3 Å². The summed E-state index contributed by atoms with van der Waals surface area (Å²) in [5.74, 6) is -5.72. The Labute approximate surface area is 340 Å². The van der Waals surface area contributed by atoms with Crippen LogP contribution in [0.15, 0.2) is 42.5 Å². The number of amides is 4. The SMILES string of the molecule is [2H]C1([2H])N(CC2CCN(c3cc4c(cc3CC)C(=O)c3c([nH]c5cc(C#N)ccc35)C4(C)C)CC2)C([2H])([2H])C([2H])([2H])N(c2cc3c(cc2F)C(=O)N(C2CCC(=O)NC2=O)C3=O)C1([2H])[2H]. The number of aromatic amines is 1. The number of halogens is 1. The number of aryl methyl sites for hydroxylation is 1. The van der Waals surface area contributed by atoms with Gasteiger partial charge < -0.3 is 14.8 Å². The zero-order valence-corrected chi connectivity index (χ0v) is 31.5. The van der Waals surface area contributed by atoms with Crippen molar-refractivity contribution in [2.75, 3.05) is 55.4 Å². The number of rotatable bonds is 6. The molecule has 2 N–H and O–H groups in total. The zero-order valence-electron chi connectivity index (χ0n) is 39.5. The van der Waals surface area contributed by atoms with Crippen molar-refractivity contribution in [3.63, 3.8) is 0 Å². The molecule has 12 nitrogen and oxygen atoms in total. The Bertz CT molecular complexity index is 2820. The molecule has 3 saturated heterocycles. The summed E-state index contributed by atoms with van der Waals surface area (Å²) in [5.41, 5.74) is 3.04. The van der Waals surface area contributed by atoms with E-state index in [1.807, 2.05) is 38.2 Å². The summed E-state index contributed by atoms with van der Waals surface area (Å²) < 4.78 is 88.7. The molecule has 292 valence electrons. The first-order chi connectivity index (χ1) is 30.4. The summed E-state index contributed by atoms with van der Waals surface area (Å²) in [7, 11) is 0. The third-order valence-corrected chi connectivity index (χ3v) is 12.0. The minimum atomic E-state index is -3.49. The van der Waals surface area contributed by atoms with E-state index in [-0.39, 0.29) is 23.5 Å². The van der Waals surface area contributed by atoms with E-state index in [1.54, 1.807) is 18.2 Å². The number of hydrogen-bond acceptors (Lipinski definition) is 9. The maximum atomic E-state index is 16.1. The average molecular weight is 778 g/mol. The highest BCUT2D eigenvalue weighted by Crippen LogP contribution is 2.46. The molecule has 3 aromatic carbocycles. The fourth-order valence-electron chi connectivity index (χ4n) is 8.91. The van der Waals surface area contributed by atoms with Crippen molar-refractivity contribution >= 4 is 51.7 Å². The Hall–Kier alpha value is -5.87. The van der Waals surface area contributed by atoms with Gasteiger partial charge in [-0.2, -0.15) is 5.26 Å². The number of imide groups is 2. The lowest BCUT2D eigenvalue weighted by Gasteiger charge is -2.41. The van der Waals surface area contributed by atoms with Crippen LogP contribution in [0.5, 0.6) is 0 Å². The molecule has 0 radical (unpaired) electrons. The summed E-state index contributed by atoms with van der Waals surface area (Å²) >= 11 is 0. The number of carbonyl (C=O) groups is 5. The summed E-state index contributed by atoms with van der Waals surface area (Å²) in [6, 6.07) is 11.2. The standard InChI is InChI=1S/C44H44FN7O5/c1-4-26-18-30-31(44(2,3)40-38(39(30)54)27-6-5-25(22-46)17-33(27)47-40)21-35(26)50-11-9-24(10-12-50)23-49-13-15-51(16-14-49)36-20-29-28(19-32(36)45)42(56)52(43(29)57)34-7-8-37(53)48-41(34)55/h5-6,17-21,24,34,47H,4,7-16,23H2,1-3H3,(H,48,53,55)/i13D2,14D2,15D2,16D2. The number of fused-ring (bicyclic) bond motifs is 5. The minimum Gasteiger partial charge on any atom is -0.371 e. The van der Waals surface area contributed by atoms with E-state index >= 15 is 4.39 Å². The predicted octanol–water partition coefficient (Wildman–Crippen LogP) is 5.05. The van der Waals surface area contributed by atoms with E-state index in [1.165, 1.54) is 0 Å². The van der Waals surface area contributed by atoms with Gasteiger partial charge in [-0.05, 0) is 79.1 Å². The number of piperidine rings is 2. The lowest BCUT2D eigenvalue weighted by atomic mass is 9.70. The van der Waals surface area contributed by atoms with Crippen LogP contribution < -0.4 is 15.1 Å². The van der Waals surface area contributed by atoms with Crippen molar-refractivity contribution in [1.82, 2.24) is 20.1 Å². The number of hydrogen-bond donors (Lipinski definition) is 2. The van der Waals surface area contributed by atoms with E-state index in [2.05, 4.69) is 16.0 Å². The molecule has 1 aromatic heterocycles. The highest BCUT2D eigenvalue weighted by molar-refractivity contribution is 6.24. The molecule has 5 aliphatic rings. The third kappa shape index (κ3) is 5.91. The van der Waals surface area contributed by atoms with Crippen LogP contribution in [0.25, 0.3) is 10.9 Å². The number of anilines is 2. The van der Waals surface area contributed by atoms with Gasteiger partial charge in [-0.25, -0.2) is 4.39 Å². The molecule has 0 spiro atoms. The predicted molar refractivity (Wildman–Crippen MR) is 211 cm³/mol. The van der Waals surface area contributed by atoms with E-state index in [0.29, 0.717) is 76.5 Å². The molecule has 4 amide bonds. The number of nitrogens with one attached hydrogen (secondary N) is 2. The molecule has 0 bridgehead atoms. The minimum absolute atomic E-state index is 0.0120. The fraction of sp³-hybridized carbons (Fsp3) is 0.409. The van der Waals surface area contributed by atoms with E-state index in [9.17, 15) is 29.2 Å². The van der Waals surface area contributed by atoms with Crippen LogP contribution in [0, 0.1) is 23.1 Å². The van der Waals surface area contributed by atoms with Gasteiger partial charge in [0.15, 0.2) is 5.78 Å². The van der Waals surface area contributed by atoms with Gasteiger partial charge in [0, 0.05) is 90.8 Å². The molecule has 3 fully saturated rings. The smallest absolute Gasteiger partial charge is 0.262 e. The molecule has 5 heterocycles. The van der Waals surface area contributed by atoms with E-state index < -0.39 is 96.2 Å². The lowest BCUT2D eigenvalue weighted by molar-refractivity contribution is -0.136. The average Bonchev–Trinajstić information content (AvgIpc) is 3.75. The molecule has 4 aromatic rings. The maximum absolute atomic E-state index is 16.1. The lowest BCUT2D eigenvalue weighted by Crippen LogP contribution is -2.54. The Balaban J connectivity index is 0.968. The fourth-order valence-corrected chi connectivity index (χ4v) is 8.91. The highest BCUT2D eigenvalue weighted by atomic mass is 19.1. The second-order valence-electron chi connectivity index (χ2n) is 15.7. The van der Waals surface area contributed by atoms with Gasteiger partial charge in [-0.15, -0.1) is 0 Å². The van der Waals surface area contributed by atoms with Gasteiger partial charge in [-0.1, -0.05) is 26.8 Å². The van der Waals surface area contributed by atoms with Crippen molar-refractivity contribution in [3.05, 3.63) is 92.9 Å². The normalized spacial score (nSPS) is 26.8. The van der Waals surface area contributed by atoms with Crippen molar-refractivity contribution in [1.29, 1.82) is 5.26 Å². The molecule has 4 aliphatic heterocycles. The number of H-pyrrole nitrogens is 1. The molecule has 0 saturated carbocycles. The Morgan fingerprint density at radius 1 is 0.895 bits per heavy atom. The molecule has 13 heteroatoms. The first-order valence-electron chi connectivity index (χ1n) is 23.1. The highest BCUT2D eigenvalue weighted by Gasteiger charge is 2.46. The summed E-state index contributed by atoms with van der Waals surface area (Å²) in [4.78, 5) is 72.1. The summed E-state index contributed by atoms with van der Waals surface area (Å²) in [6.45, 7) is -7.10. The Morgan fingerprint density at radius 2 is 1.61 bits per heavy atom. The molecule has 57 heavy (non-hydrogen) atoms. The van der Waals surface area contributed by atoms with Gasteiger partial charge >= 0.3 is 0 Å². The topological polar surface area (TPSA) is 150 Å². The summed E-state index contributed by atoms with van der Waals surface area (Å²) in [5, 5.41) is 12.3. The number of benzene rings is 3.